The predicted molar refractivity (Wildman–Crippen MR) is 107 cm³/mol. The highest BCUT2D eigenvalue weighted by Gasteiger charge is 2.31. The zero-order chi connectivity index (χ0) is 22.8. The Labute approximate surface area is 182 Å². The molecular weight excluding hydrogens is 462 g/mol. The number of pyridine rings is 1. The van der Waals surface area contributed by atoms with E-state index in [0.29, 0.717) is 18.0 Å². The van der Waals surface area contributed by atoms with Gasteiger partial charge >= 0.3 is 6.18 Å². The van der Waals surface area contributed by atoms with Gasteiger partial charge in [0.25, 0.3) is 11.6 Å². The third-order valence-corrected chi connectivity index (χ3v) is 4.47. The van der Waals surface area contributed by atoms with Crippen molar-refractivity contribution >= 4 is 40.5 Å². The van der Waals surface area contributed by atoms with Crippen molar-refractivity contribution in [2.75, 3.05) is 5.32 Å². The van der Waals surface area contributed by atoms with E-state index in [2.05, 4.69) is 10.3 Å². The number of carbonyl (C=O) groups is 1. The number of halogens is 5. The number of hydrogen-bond acceptors (Lipinski definition) is 5. The number of ether oxygens (including phenoxy) is 1. The average Bonchev–Trinajstić information content (AvgIpc) is 2.70. The van der Waals surface area contributed by atoms with Gasteiger partial charge in [-0.3, -0.25) is 14.9 Å². The molecule has 3 rings (SSSR count). The van der Waals surface area contributed by atoms with Crippen molar-refractivity contribution in [1.29, 1.82) is 0 Å². The first-order valence-electron chi connectivity index (χ1n) is 8.30. The van der Waals surface area contributed by atoms with Gasteiger partial charge in [0, 0.05) is 24.0 Å². The molecule has 0 spiro atoms. The molecule has 1 N–H and O–H groups in total. The van der Waals surface area contributed by atoms with Crippen LogP contribution in [0.2, 0.25) is 10.0 Å². The molecule has 0 saturated heterocycles. The molecular formula is C19H10Cl2F3N3O4. The summed E-state index contributed by atoms with van der Waals surface area (Å²) in [4.78, 5) is 26.2. The number of carbonyl (C=O) groups excluding carboxylic acids is 1. The molecule has 0 bridgehead atoms. The van der Waals surface area contributed by atoms with Crippen LogP contribution in [0.4, 0.5) is 24.5 Å². The van der Waals surface area contributed by atoms with E-state index in [0.717, 1.165) is 6.07 Å². The van der Waals surface area contributed by atoms with Gasteiger partial charge < -0.3 is 10.1 Å². The van der Waals surface area contributed by atoms with Crippen molar-refractivity contribution in [2.24, 2.45) is 0 Å². The second-order valence-electron chi connectivity index (χ2n) is 6.01. The fourth-order valence-electron chi connectivity index (χ4n) is 2.37. The molecule has 7 nitrogen and oxygen atoms in total. The molecule has 0 aliphatic rings. The Balaban J connectivity index is 1.72. The minimum atomic E-state index is -4.59. The van der Waals surface area contributed by atoms with Crippen LogP contribution in [-0.2, 0) is 6.18 Å². The number of nitro benzene ring substituents is 1. The van der Waals surface area contributed by atoms with E-state index in [9.17, 15) is 28.1 Å². The highest BCUT2D eigenvalue weighted by molar-refractivity contribution is 6.34. The Morgan fingerprint density at radius 3 is 2.32 bits per heavy atom. The number of non-ortho nitro benzene ring substituents is 1. The lowest BCUT2D eigenvalue weighted by Crippen LogP contribution is -2.12. The molecule has 2 aromatic carbocycles. The molecule has 12 heteroatoms. The number of alkyl halides is 3. The zero-order valence-corrected chi connectivity index (χ0v) is 16.6. The molecule has 0 saturated carbocycles. The normalized spacial score (nSPS) is 11.1. The Morgan fingerprint density at radius 2 is 1.74 bits per heavy atom. The number of hydrogen-bond donors (Lipinski definition) is 1. The van der Waals surface area contributed by atoms with Crippen LogP contribution in [0.25, 0.3) is 0 Å². The summed E-state index contributed by atoms with van der Waals surface area (Å²) in [6.45, 7) is 0. The number of rotatable bonds is 5. The Morgan fingerprint density at radius 1 is 1.06 bits per heavy atom. The summed E-state index contributed by atoms with van der Waals surface area (Å²) in [6, 6.07) is 9.88. The maximum atomic E-state index is 12.7. The highest BCUT2D eigenvalue weighted by atomic mass is 35.5. The molecule has 0 aliphatic carbocycles. The molecule has 160 valence electrons. The van der Waals surface area contributed by atoms with Crippen LogP contribution < -0.4 is 10.1 Å². The maximum Gasteiger partial charge on any atom is 0.417 e. The second-order valence-corrected chi connectivity index (χ2v) is 6.82. The minimum absolute atomic E-state index is 0.0334. The van der Waals surface area contributed by atoms with Gasteiger partial charge in [-0.15, -0.1) is 0 Å². The topological polar surface area (TPSA) is 94.4 Å². The summed E-state index contributed by atoms with van der Waals surface area (Å²) >= 11 is 11.7. The molecule has 1 aromatic heterocycles. The van der Waals surface area contributed by atoms with Crippen molar-refractivity contribution in [2.45, 2.75) is 6.18 Å². The van der Waals surface area contributed by atoms with Gasteiger partial charge in [0.2, 0.25) is 5.88 Å². The molecule has 1 heterocycles. The highest BCUT2D eigenvalue weighted by Crippen LogP contribution is 2.34. The predicted octanol–water partition coefficient (Wildman–Crippen LogP) is 6.36. The van der Waals surface area contributed by atoms with E-state index in [4.69, 9.17) is 27.9 Å². The summed E-state index contributed by atoms with van der Waals surface area (Å²) in [6.07, 6.45) is -3.99. The van der Waals surface area contributed by atoms with Crippen LogP contribution >= 0.6 is 23.2 Å². The van der Waals surface area contributed by atoms with E-state index in [1.807, 2.05) is 0 Å². The molecule has 1 amide bonds. The quantitative estimate of drug-likeness (QED) is 0.345. The first-order chi connectivity index (χ1) is 14.5. The molecule has 0 unspecified atom stereocenters. The van der Waals surface area contributed by atoms with Crippen LogP contribution in [0.1, 0.15) is 15.9 Å². The van der Waals surface area contributed by atoms with Gasteiger partial charge in [-0.1, -0.05) is 23.2 Å². The molecule has 31 heavy (non-hydrogen) atoms. The summed E-state index contributed by atoms with van der Waals surface area (Å²) in [5.74, 6) is -0.704. The monoisotopic (exact) mass is 471 g/mol. The number of amides is 1. The van der Waals surface area contributed by atoms with Crippen LogP contribution in [0.15, 0.2) is 54.7 Å². The minimum Gasteiger partial charge on any atom is -0.438 e. The SMILES string of the molecule is O=C(Nc1ccc(Oc2ncc(C(F)(F)F)cc2Cl)cc1)c1cc([N+](=O)[O-])ccc1Cl. The third-order valence-electron chi connectivity index (χ3n) is 3.87. The summed E-state index contributed by atoms with van der Waals surface area (Å²) in [7, 11) is 0. The Hall–Kier alpha value is -3.37. The van der Waals surface area contributed by atoms with Crippen molar-refractivity contribution in [3.05, 3.63) is 86.0 Å². The molecule has 3 aromatic rings. The van der Waals surface area contributed by atoms with E-state index < -0.39 is 22.6 Å². The van der Waals surface area contributed by atoms with Gasteiger partial charge in [-0.05, 0) is 36.4 Å². The fourth-order valence-corrected chi connectivity index (χ4v) is 2.78. The van der Waals surface area contributed by atoms with Crippen molar-refractivity contribution < 1.29 is 27.6 Å². The van der Waals surface area contributed by atoms with Crippen LogP contribution in [-0.4, -0.2) is 15.8 Å². The number of nitrogens with one attached hydrogen (secondary N) is 1. The lowest BCUT2D eigenvalue weighted by atomic mass is 10.2. The summed E-state index contributed by atoms with van der Waals surface area (Å²) in [5, 5.41) is 13.1. The molecule has 0 fully saturated rings. The largest absolute Gasteiger partial charge is 0.438 e. The van der Waals surface area contributed by atoms with Crippen molar-refractivity contribution in [1.82, 2.24) is 4.98 Å². The summed E-state index contributed by atoms with van der Waals surface area (Å²) in [5.41, 5.74) is -1.08. The zero-order valence-electron chi connectivity index (χ0n) is 15.1. The lowest BCUT2D eigenvalue weighted by molar-refractivity contribution is -0.384. The van der Waals surface area contributed by atoms with Crippen molar-refractivity contribution in [3.63, 3.8) is 0 Å². The maximum absolute atomic E-state index is 12.7. The first-order valence-corrected chi connectivity index (χ1v) is 9.06. The van der Waals surface area contributed by atoms with Crippen LogP contribution in [0.3, 0.4) is 0 Å². The molecule has 0 aliphatic heterocycles. The first kappa shape index (κ1) is 22.3. The van der Waals surface area contributed by atoms with Gasteiger partial charge in [-0.2, -0.15) is 13.2 Å². The average molecular weight is 472 g/mol. The number of nitrogens with zero attached hydrogens (tertiary/aromatic N) is 2. The summed E-state index contributed by atoms with van der Waals surface area (Å²) < 4.78 is 43.4. The van der Waals surface area contributed by atoms with E-state index in [-0.39, 0.29) is 32.9 Å². The number of nitro groups is 1. The van der Waals surface area contributed by atoms with Gasteiger partial charge in [0.1, 0.15) is 10.8 Å². The Bertz CT molecular complexity index is 1160. The van der Waals surface area contributed by atoms with E-state index in [1.54, 1.807) is 0 Å². The lowest BCUT2D eigenvalue weighted by Gasteiger charge is -2.11. The van der Waals surface area contributed by atoms with Gasteiger partial charge in [0.05, 0.1) is 21.1 Å². The second kappa shape index (κ2) is 8.78. The van der Waals surface area contributed by atoms with E-state index >= 15 is 0 Å². The smallest absolute Gasteiger partial charge is 0.417 e. The van der Waals surface area contributed by atoms with Gasteiger partial charge in [0.15, 0.2) is 0 Å². The van der Waals surface area contributed by atoms with Crippen LogP contribution in [0.5, 0.6) is 11.6 Å². The standard InChI is InChI=1S/C19H10Cl2F3N3O4/c20-15-6-3-12(27(29)30)8-14(15)17(28)26-11-1-4-13(5-2-11)31-18-16(21)7-10(9-25-18)19(22,23)24/h1-9H,(H,26,28). The van der Waals surface area contributed by atoms with E-state index in [1.165, 1.54) is 36.4 Å². The van der Waals surface area contributed by atoms with Gasteiger partial charge in [-0.25, -0.2) is 4.98 Å². The number of benzene rings is 2. The fraction of sp³-hybridized carbons (Fsp3) is 0.0526. The third kappa shape index (κ3) is 5.41. The van der Waals surface area contributed by atoms with Crippen molar-refractivity contribution in [3.8, 4) is 11.6 Å². The molecule has 0 radical (unpaired) electrons. The molecule has 0 atom stereocenters. The number of aromatic nitrogens is 1. The van der Waals surface area contributed by atoms with Crippen LogP contribution in [0, 0.1) is 10.1 Å². The number of anilines is 1. The Kier molecular flexibility index (Phi) is 6.32.